The molecule has 3 aromatic carbocycles. The Balaban J connectivity index is 1.57. The Bertz CT molecular complexity index is 1300. The van der Waals surface area contributed by atoms with Crippen LogP contribution < -0.4 is 15.5 Å². The van der Waals surface area contributed by atoms with Gasteiger partial charge in [0.15, 0.2) is 0 Å². The lowest BCUT2D eigenvalue weighted by atomic mass is 10.1. The molecule has 7 nitrogen and oxygen atoms in total. The van der Waals surface area contributed by atoms with Crippen LogP contribution in [0.15, 0.2) is 73.1 Å². The second-order valence-corrected chi connectivity index (χ2v) is 6.70. The van der Waals surface area contributed by atoms with E-state index in [-0.39, 0.29) is 5.91 Å². The average Bonchev–Trinajstić information content (AvgIpc) is 2.79. The number of hydrogen-bond donors (Lipinski definition) is 2. The SMILES string of the molecule is CC#CC(=O)Nc1cccc(Nc2ncnc(N(C)c3cccc4ccccc34)n2)c1. The standard InChI is InChI=1S/C24H20N6O/c1-3-8-22(31)27-18-11-7-12-19(15-18)28-23-25-16-26-24(29-23)30(2)21-14-6-10-17-9-4-5-13-20(17)21/h4-7,9-16H,1-2H3,(H,27,31)(H,25,26,28,29). The van der Waals surface area contributed by atoms with Crippen LogP contribution in [0.3, 0.4) is 0 Å². The molecule has 0 fully saturated rings. The quantitative estimate of drug-likeness (QED) is 0.473. The summed E-state index contributed by atoms with van der Waals surface area (Å²) in [5.74, 6) is 5.57. The third-order valence-corrected chi connectivity index (χ3v) is 4.60. The summed E-state index contributed by atoms with van der Waals surface area (Å²) >= 11 is 0. The predicted molar refractivity (Wildman–Crippen MR) is 124 cm³/mol. The highest BCUT2D eigenvalue weighted by Crippen LogP contribution is 2.29. The third kappa shape index (κ3) is 4.60. The number of hydrogen-bond acceptors (Lipinski definition) is 6. The molecule has 152 valence electrons. The van der Waals surface area contributed by atoms with Crippen molar-refractivity contribution in [1.82, 2.24) is 15.0 Å². The van der Waals surface area contributed by atoms with Gasteiger partial charge in [-0.1, -0.05) is 48.4 Å². The summed E-state index contributed by atoms with van der Waals surface area (Å²) in [6.45, 7) is 1.62. The molecular weight excluding hydrogens is 388 g/mol. The summed E-state index contributed by atoms with van der Waals surface area (Å²) in [6, 6.07) is 21.5. The Morgan fingerprint density at radius 3 is 2.61 bits per heavy atom. The molecule has 0 saturated heterocycles. The van der Waals surface area contributed by atoms with E-state index in [1.807, 2.05) is 48.3 Å². The van der Waals surface area contributed by atoms with Crippen LogP contribution in [0, 0.1) is 11.8 Å². The minimum absolute atomic E-state index is 0.362. The molecule has 0 saturated carbocycles. The first-order chi connectivity index (χ1) is 15.1. The van der Waals surface area contributed by atoms with Gasteiger partial charge in [-0.25, -0.2) is 9.97 Å². The molecule has 0 spiro atoms. The summed E-state index contributed by atoms with van der Waals surface area (Å²) in [6.07, 6.45) is 1.47. The van der Waals surface area contributed by atoms with Crippen LogP contribution in [-0.2, 0) is 4.79 Å². The zero-order valence-electron chi connectivity index (χ0n) is 17.1. The maximum atomic E-state index is 11.7. The van der Waals surface area contributed by atoms with Crippen LogP contribution in [0.25, 0.3) is 10.8 Å². The molecule has 4 aromatic rings. The molecule has 0 unspecified atom stereocenters. The molecule has 0 bridgehead atoms. The van der Waals surface area contributed by atoms with Crippen LogP contribution >= 0.6 is 0 Å². The molecule has 2 N–H and O–H groups in total. The van der Waals surface area contributed by atoms with Gasteiger partial charge in [-0.3, -0.25) is 4.79 Å². The number of rotatable bonds is 5. The molecule has 0 aliphatic carbocycles. The van der Waals surface area contributed by atoms with Gasteiger partial charge in [0, 0.05) is 23.8 Å². The van der Waals surface area contributed by atoms with Crippen molar-refractivity contribution in [2.75, 3.05) is 22.6 Å². The minimum Gasteiger partial charge on any atom is -0.324 e. The average molecular weight is 408 g/mol. The van der Waals surface area contributed by atoms with Gasteiger partial charge in [0.05, 0.1) is 5.69 Å². The topological polar surface area (TPSA) is 83.0 Å². The van der Waals surface area contributed by atoms with E-state index in [1.165, 1.54) is 6.33 Å². The van der Waals surface area contributed by atoms with Crippen molar-refractivity contribution in [3.63, 3.8) is 0 Å². The van der Waals surface area contributed by atoms with Crippen LogP contribution in [0.5, 0.6) is 0 Å². The van der Waals surface area contributed by atoms with Crippen molar-refractivity contribution in [1.29, 1.82) is 0 Å². The van der Waals surface area contributed by atoms with Crippen LogP contribution in [0.2, 0.25) is 0 Å². The molecule has 1 aromatic heterocycles. The molecule has 1 amide bonds. The van der Waals surface area contributed by atoms with Crippen molar-refractivity contribution in [3.8, 4) is 11.8 Å². The van der Waals surface area contributed by atoms with Gasteiger partial charge in [-0.05, 0) is 42.5 Å². The van der Waals surface area contributed by atoms with Crippen molar-refractivity contribution < 1.29 is 4.79 Å². The van der Waals surface area contributed by atoms with Crippen LogP contribution in [-0.4, -0.2) is 27.9 Å². The fourth-order valence-electron chi connectivity index (χ4n) is 3.20. The molecule has 7 heteroatoms. The number of carbonyl (C=O) groups is 1. The van der Waals surface area contributed by atoms with Gasteiger partial charge in [0.25, 0.3) is 5.91 Å². The molecule has 0 aliphatic rings. The van der Waals surface area contributed by atoms with E-state index in [1.54, 1.807) is 19.1 Å². The highest BCUT2D eigenvalue weighted by molar-refractivity contribution is 6.04. The van der Waals surface area contributed by atoms with Crippen molar-refractivity contribution in [3.05, 3.63) is 73.1 Å². The van der Waals surface area contributed by atoms with E-state index in [0.29, 0.717) is 17.6 Å². The zero-order chi connectivity index (χ0) is 21.6. The third-order valence-electron chi connectivity index (χ3n) is 4.60. The molecule has 0 atom stereocenters. The predicted octanol–water partition coefficient (Wildman–Crippen LogP) is 4.50. The Morgan fingerprint density at radius 1 is 0.968 bits per heavy atom. The van der Waals surface area contributed by atoms with Gasteiger partial charge in [0.1, 0.15) is 6.33 Å². The molecule has 4 rings (SSSR count). The highest BCUT2D eigenvalue weighted by atomic mass is 16.1. The van der Waals surface area contributed by atoms with Gasteiger partial charge < -0.3 is 15.5 Å². The smallest absolute Gasteiger partial charge is 0.300 e. The monoisotopic (exact) mass is 408 g/mol. The molecule has 1 heterocycles. The van der Waals surface area contributed by atoms with Gasteiger partial charge >= 0.3 is 0 Å². The lowest BCUT2D eigenvalue weighted by Gasteiger charge is -2.19. The van der Waals surface area contributed by atoms with E-state index in [0.717, 1.165) is 22.1 Å². The van der Waals surface area contributed by atoms with E-state index >= 15 is 0 Å². The Labute approximate surface area is 180 Å². The number of fused-ring (bicyclic) bond motifs is 1. The summed E-state index contributed by atoms with van der Waals surface area (Å²) in [5, 5.41) is 8.14. The number of anilines is 5. The molecule has 31 heavy (non-hydrogen) atoms. The fraction of sp³-hybridized carbons (Fsp3) is 0.0833. The first-order valence-corrected chi connectivity index (χ1v) is 9.65. The number of amides is 1. The Hall–Kier alpha value is -4.44. The number of carbonyl (C=O) groups excluding carboxylic acids is 1. The molecular formula is C24H20N6O. The lowest BCUT2D eigenvalue weighted by Crippen LogP contribution is -2.14. The maximum absolute atomic E-state index is 11.7. The van der Waals surface area contributed by atoms with Crippen molar-refractivity contribution in [2.24, 2.45) is 0 Å². The summed E-state index contributed by atoms with van der Waals surface area (Å²) < 4.78 is 0. The normalized spacial score (nSPS) is 10.1. The van der Waals surface area contributed by atoms with Gasteiger partial charge in [-0.15, -0.1) is 0 Å². The summed E-state index contributed by atoms with van der Waals surface area (Å²) in [7, 11) is 1.92. The van der Waals surface area contributed by atoms with Gasteiger partial charge in [-0.2, -0.15) is 4.98 Å². The van der Waals surface area contributed by atoms with E-state index in [2.05, 4.69) is 55.6 Å². The van der Waals surface area contributed by atoms with Crippen molar-refractivity contribution >= 4 is 45.6 Å². The lowest BCUT2D eigenvalue weighted by molar-refractivity contribution is -0.111. The number of nitrogens with one attached hydrogen (secondary N) is 2. The minimum atomic E-state index is -0.362. The Morgan fingerprint density at radius 2 is 1.74 bits per heavy atom. The molecule has 0 aliphatic heterocycles. The van der Waals surface area contributed by atoms with Crippen molar-refractivity contribution in [2.45, 2.75) is 6.92 Å². The van der Waals surface area contributed by atoms with Crippen LogP contribution in [0.1, 0.15) is 6.92 Å². The van der Waals surface area contributed by atoms with Crippen LogP contribution in [0.4, 0.5) is 29.0 Å². The Kier molecular flexibility index (Phi) is 5.72. The van der Waals surface area contributed by atoms with E-state index < -0.39 is 0 Å². The number of benzene rings is 3. The van der Waals surface area contributed by atoms with Gasteiger partial charge in [0.2, 0.25) is 11.9 Å². The maximum Gasteiger partial charge on any atom is 0.300 e. The largest absolute Gasteiger partial charge is 0.324 e. The highest BCUT2D eigenvalue weighted by Gasteiger charge is 2.12. The van der Waals surface area contributed by atoms with E-state index in [9.17, 15) is 4.79 Å². The zero-order valence-corrected chi connectivity index (χ0v) is 17.1. The first-order valence-electron chi connectivity index (χ1n) is 9.65. The second-order valence-electron chi connectivity index (χ2n) is 6.70. The fourth-order valence-corrected chi connectivity index (χ4v) is 3.20. The molecule has 0 radical (unpaired) electrons. The summed E-state index contributed by atoms with van der Waals surface area (Å²) in [5.41, 5.74) is 2.35. The second kappa shape index (κ2) is 8.93. The number of nitrogens with zero attached hydrogens (tertiary/aromatic N) is 4. The number of aromatic nitrogens is 3. The van der Waals surface area contributed by atoms with E-state index in [4.69, 9.17) is 0 Å². The first kappa shape index (κ1) is 19.9. The summed E-state index contributed by atoms with van der Waals surface area (Å²) in [4.78, 5) is 26.7.